The van der Waals surface area contributed by atoms with E-state index in [2.05, 4.69) is 64.0 Å². The molecule has 0 saturated heterocycles. The van der Waals surface area contributed by atoms with E-state index < -0.39 is 0 Å². The molecule has 1 N–H and O–H groups in total. The first-order valence-electron chi connectivity index (χ1n) is 6.59. The molecule has 4 heteroatoms. The van der Waals surface area contributed by atoms with E-state index in [4.69, 9.17) is 0 Å². The third kappa shape index (κ3) is 6.18. The van der Waals surface area contributed by atoms with Gasteiger partial charge in [0.15, 0.2) is 0 Å². The number of halogens is 2. The van der Waals surface area contributed by atoms with Crippen molar-refractivity contribution in [3.8, 4) is 0 Å². The number of hydrogen-bond acceptors (Lipinski definition) is 2. The summed E-state index contributed by atoms with van der Waals surface area (Å²) < 4.78 is 2.49. The zero-order valence-corrected chi connectivity index (χ0v) is 15.5. The van der Waals surface area contributed by atoms with Crippen LogP contribution in [0, 0.1) is 5.41 Å². The Morgan fingerprint density at radius 1 is 1.22 bits per heavy atom. The summed E-state index contributed by atoms with van der Waals surface area (Å²) in [5.41, 5.74) is 1.84. The van der Waals surface area contributed by atoms with Gasteiger partial charge in [0.1, 0.15) is 0 Å². The summed E-state index contributed by atoms with van der Waals surface area (Å²) >= 11 is 8.94. The molecule has 104 valence electrons. The van der Waals surface area contributed by atoms with Crippen LogP contribution in [0.3, 0.4) is 0 Å². The van der Waals surface area contributed by atoms with Gasteiger partial charge in [0.05, 0.1) is 7.57 Å². The van der Waals surface area contributed by atoms with E-state index in [1.807, 2.05) is 0 Å². The lowest BCUT2D eigenvalue weighted by molar-refractivity contribution is 0.302. The molecule has 0 aromatic carbocycles. The number of nitrogens with one attached hydrogen (secondary N) is 1. The summed E-state index contributed by atoms with van der Waals surface area (Å²) in [5.74, 6) is 0. The average molecular weight is 397 g/mol. The molecule has 1 aromatic rings. The molecule has 0 aliphatic rings. The summed E-state index contributed by atoms with van der Waals surface area (Å²) in [6, 6.07) is 2.24. The lowest BCUT2D eigenvalue weighted by atomic mass is 9.83. The van der Waals surface area contributed by atoms with E-state index in [0.29, 0.717) is 5.41 Å². The van der Waals surface area contributed by atoms with Crippen LogP contribution in [0.2, 0.25) is 0 Å². The molecule has 0 aliphatic heterocycles. The number of thiophene rings is 1. The van der Waals surface area contributed by atoms with Crippen molar-refractivity contribution >= 4 is 43.2 Å². The predicted octanol–water partition coefficient (Wildman–Crippen LogP) is 5.62. The molecular weight excluding hydrogens is 374 g/mol. The standard InChI is InChI=1S/C14H23Br2NS/c1-4-8-17-9-7-14(2,3)6-5-11-10-12(15)18-13(11)16/h10,17H,4-9H2,1-3H3. The van der Waals surface area contributed by atoms with Crippen molar-refractivity contribution < 1.29 is 0 Å². The third-order valence-corrected chi connectivity index (χ3v) is 5.67. The highest BCUT2D eigenvalue weighted by Crippen LogP contribution is 2.35. The van der Waals surface area contributed by atoms with Gasteiger partial charge in [0.2, 0.25) is 0 Å². The number of hydrogen-bond donors (Lipinski definition) is 1. The fraction of sp³-hybridized carbons (Fsp3) is 0.714. The quantitative estimate of drug-likeness (QED) is 0.562. The summed E-state index contributed by atoms with van der Waals surface area (Å²) in [7, 11) is 0. The fourth-order valence-corrected chi connectivity index (χ4v) is 4.79. The van der Waals surface area contributed by atoms with Crippen molar-refractivity contribution in [2.45, 2.75) is 46.5 Å². The Hall–Kier alpha value is 0.620. The normalized spacial score (nSPS) is 12.1. The van der Waals surface area contributed by atoms with Gasteiger partial charge < -0.3 is 5.32 Å². The zero-order chi connectivity index (χ0) is 13.6. The molecule has 0 bridgehead atoms. The van der Waals surface area contributed by atoms with Crippen molar-refractivity contribution in [2.75, 3.05) is 13.1 Å². The first kappa shape index (κ1) is 16.7. The van der Waals surface area contributed by atoms with E-state index in [9.17, 15) is 0 Å². The van der Waals surface area contributed by atoms with E-state index >= 15 is 0 Å². The Bertz CT molecular complexity index is 361. The molecule has 0 unspecified atom stereocenters. The molecule has 0 radical (unpaired) electrons. The highest BCUT2D eigenvalue weighted by molar-refractivity contribution is 9.12. The summed E-state index contributed by atoms with van der Waals surface area (Å²) in [6.45, 7) is 9.23. The molecule has 1 aromatic heterocycles. The Balaban J connectivity index is 2.34. The number of aryl methyl sites for hydroxylation is 1. The Morgan fingerprint density at radius 3 is 2.50 bits per heavy atom. The van der Waals surface area contributed by atoms with Crippen LogP contribution in [0.25, 0.3) is 0 Å². The van der Waals surface area contributed by atoms with Crippen molar-refractivity contribution in [3.05, 3.63) is 19.2 Å². The van der Waals surface area contributed by atoms with E-state index in [1.165, 1.54) is 32.4 Å². The molecule has 0 aliphatic carbocycles. The third-order valence-electron chi connectivity index (χ3n) is 3.20. The molecule has 0 spiro atoms. The minimum atomic E-state index is 0.411. The molecule has 1 nitrogen and oxygen atoms in total. The Labute approximate surface area is 132 Å². The van der Waals surface area contributed by atoms with Crippen LogP contribution in [0.15, 0.2) is 13.6 Å². The van der Waals surface area contributed by atoms with Crippen LogP contribution in [-0.4, -0.2) is 13.1 Å². The second kappa shape index (κ2) is 8.03. The van der Waals surface area contributed by atoms with Gasteiger partial charge in [0, 0.05) is 0 Å². The van der Waals surface area contributed by atoms with Gasteiger partial charge in [-0.15, -0.1) is 11.3 Å². The maximum atomic E-state index is 3.63. The van der Waals surface area contributed by atoms with Gasteiger partial charge in [-0.25, -0.2) is 0 Å². The van der Waals surface area contributed by atoms with E-state index in [1.54, 1.807) is 11.3 Å². The molecule has 0 fully saturated rings. The molecule has 1 heterocycles. The van der Waals surface area contributed by atoms with E-state index in [0.717, 1.165) is 19.5 Å². The predicted molar refractivity (Wildman–Crippen MR) is 89.6 cm³/mol. The van der Waals surface area contributed by atoms with Gasteiger partial charge in [-0.3, -0.25) is 0 Å². The molecule has 0 amide bonds. The number of rotatable bonds is 8. The molecular formula is C14H23Br2NS. The topological polar surface area (TPSA) is 12.0 Å². The molecule has 0 saturated carbocycles. The van der Waals surface area contributed by atoms with Crippen molar-refractivity contribution in [3.63, 3.8) is 0 Å². The van der Waals surface area contributed by atoms with Gasteiger partial charge in [-0.05, 0) is 87.7 Å². The van der Waals surface area contributed by atoms with Crippen LogP contribution < -0.4 is 5.32 Å². The fourth-order valence-electron chi connectivity index (χ4n) is 1.87. The van der Waals surface area contributed by atoms with Crippen LogP contribution in [-0.2, 0) is 6.42 Å². The average Bonchev–Trinajstić information content (AvgIpc) is 2.61. The minimum absolute atomic E-state index is 0.411. The first-order valence-corrected chi connectivity index (χ1v) is 8.99. The van der Waals surface area contributed by atoms with Crippen molar-refractivity contribution in [1.29, 1.82) is 0 Å². The van der Waals surface area contributed by atoms with Crippen molar-refractivity contribution in [2.24, 2.45) is 5.41 Å². The Morgan fingerprint density at radius 2 is 1.94 bits per heavy atom. The van der Waals surface area contributed by atoms with Crippen LogP contribution in [0.1, 0.15) is 45.6 Å². The molecule has 1 rings (SSSR count). The van der Waals surface area contributed by atoms with Gasteiger partial charge >= 0.3 is 0 Å². The second-order valence-corrected chi connectivity index (χ2v) is 9.26. The Kier molecular flexibility index (Phi) is 7.44. The SMILES string of the molecule is CCCNCCC(C)(C)CCc1cc(Br)sc1Br. The lowest BCUT2D eigenvalue weighted by Gasteiger charge is -2.24. The van der Waals surface area contributed by atoms with Gasteiger partial charge in [-0.2, -0.15) is 0 Å². The van der Waals surface area contributed by atoms with Gasteiger partial charge in [0.25, 0.3) is 0 Å². The maximum absolute atomic E-state index is 3.63. The van der Waals surface area contributed by atoms with Gasteiger partial charge in [-0.1, -0.05) is 20.8 Å². The van der Waals surface area contributed by atoms with Crippen LogP contribution in [0.5, 0.6) is 0 Å². The molecule has 0 atom stereocenters. The summed E-state index contributed by atoms with van der Waals surface area (Å²) in [4.78, 5) is 0. The van der Waals surface area contributed by atoms with E-state index in [-0.39, 0.29) is 0 Å². The highest BCUT2D eigenvalue weighted by atomic mass is 79.9. The maximum Gasteiger partial charge on any atom is 0.0742 e. The van der Waals surface area contributed by atoms with Crippen LogP contribution >= 0.6 is 43.2 Å². The summed E-state index contributed by atoms with van der Waals surface area (Å²) in [5, 5.41) is 3.49. The first-order chi connectivity index (χ1) is 8.44. The smallest absolute Gasteiger partial charge is 0.0742 e. The second-order valence-electron chi connectivity index (χ2n) is 5.51. The largest absolute Gasteiger partial charge is 0.317 e. The monoisotopic (exact) mass is 395 g/mol. The van der Waals surface area contributed by atoms with Crippen LogP contribution in [0.4, 0.5) is 0 Å². The zero-order valence-electron chi connectivity index (χ0n) is 11.5. The van der Waals surface area contributed by atoms with Crippen molar-refractivity contribution in [1.82, 2.24) is 5.32 Å². The highest BCUT2D eigenvalue weighted by Gasteiger charge is 2.18. The summed E-state index contributed by atoms with van der Waals surface area (Å²) in [6.07, 6.45) is 4.86. The molecule has 18 heavy (non-hydrogen) atoms. The lowest BCUT2D eigenvalue weighted by Crippen LogP contribution is -2.23. The minimum Gasteiger partial charge on any atom is -0.317 e.